The minimum Gasteiger partial charge on any atom is -0.497 e. The second-order valence-corrected chi connectivity index (χ2v) is 4.86. The number of hydrogen-bond acceptors (Lipinski definition) is 3. The number of carbonyl (C=O) groups excluding carboxylic acids is 1. The summed E-state index contributed by atoms with van der Waals surface area (Å²) in [5.74, 6) is 0.653. The lowest BCUT2D eigenvalue weighted by molar-refractivity contribution is -0.122. The number of nitrogens with one attached hydrogen (secondary N) is 1. The van der Waals surface area contributed by atoms with Crippen LogP contribution in [-0.4, -0.2) is 19.1 Å². The molecule has 0 fully saturated rings. The minimum atomic E-state index is -0.536. The molecule has 4 nitrogen and oxygen atoms in total. The lowest BCUT2D eigenvalue weighted by Gasteiger charge is -2.12. The van der Waals surface area contributed by atoms with E-state index in [0.29, 0.717) is 13.0 Å². The third-order valence-electron chi connectivity index (χ3n) is 3.26. The molecule has 2 rings (SSSR count). The molecule has 0 radical (unpaired) electrons. The molecule has 3 N–H and O–H groups in total. The van der Waals surface area contributed by atoms with Crippen molar-refractivity contribution >= 4 is 18.3 Å². The monoisotopic (exact) mass is 320 g/mol. The van der Waals surface area contributed by atoms with Gasteiger partial charge < -0.3 is 15.8 Å². The number of carbonyl (C=O) groups is 1. The van der Waals surface area contributed by atoms with Crippen molar-refractivity contribution in [1.29, 1.82) is 0 Å². The second-order valence-electron chi connectivity index (χ2n) is 4.86. The van der Waals surface area contributed by atoms with Crippen molar-refractivity contribution in [3.05, 3.63) is 65.7 Å². The Kier molecular flexibility index (Phi) is 7.43. The molecule has 2 aromatic rings. The lowest BCUT2D eigenvalue weighted by Crippen LogP contribution is -2.41. The number of nitrogens with two attached hydrogens (primary N) is 1. The van der Waals surface area contributed by atoms with Crippen LogP contribution < -0.4 is 15.8 Å². The van der Waals surface area contributed by atoms with Crippen LogP contribution in [0.1, 0.15) is 11.1 Å². The highest BCUT2D eigenvalue weighted by atomic mass is 35.5. The first kappa shape index (κ1) is 18.0. The molecule has 0 aromatic heterocycles. The summed E-state index contributed by atoms with van der Waals surface area (Å²) in [4.78, 5) is 12.0. The van der Waals surface area contributed by atoms with E-state index in [-0.39, 0.29) is 18.3 Å². The normalized spacial score (nSPS) is 11.2. The summed E-state index contributed by atoms with van der Waals surface area (Å²) in [6, 6.07) is 16.8. The van der Waals surface area contributed by atoms with Gasteiger partial charge in [0.25, 0.3) is 0 Å². The van der Waals surface area contributed by atoms with Crippen LogP contribution in [0.25, 0.3) is 0 Å². The predicted molar refractivity (Wildman–Crippen MR) is 90.2 cm³/mol. The van der Waals surface area contributed by atoms with Gasteiger partial charge in [0, 0.05) is 6.54 Å². The zero-order valence-electron chi connectivity index (χ0n) is 12.5. The highest BCUT2D eigenvalue weighted by Crippen LogP contribution is 2.11. The smallest absolute Gasteiger partial charge is 0.237 e. The van der Waals surface area contributed by atoms with Gasteiger partial charge in [0.15, 0.2) is 0 Å². The van der Waals surface area contributed by atoms with Crippen LogP contribution in [0.2, 0.25) is 0 Å². The van der Waals surface area contributed by atoms with Crippen LogP contribution >= 0.6 is 12.4 Å². The van der Waals surface area contributed by atoms with Crippen LogP contribution in [0.5, 0.6) is 5.75 Å². The van der Waals surface area contributed by atoms with Crippen LogP contribution in [-0.2, 0) is 17.8 Å². The van der Waals surface area contributed by atoms with E-state index in [1.807, 2.05) is 54.6 Å². The van der Waals surface area contributed by atoms with Gasteiger partial charge in [-0.3, -0.25) is 4.79 Å². The fourth-order valence-electron chi connectivity index (χ4n) is 2.02. The van der Waals surface area contributed by atoms with Gasteiger partial charge in [-0.05, 0) is 29.7 Å². The van der Waals surface area contributed by atoms with E-state index >= 15 is 0 Å². The topological polar surface area (TPSA) is 64.3 Å². The van der Waals surface area contributed by atoms with E-state index < -0.39 is 6.04 Å². The number of methoxy groups -OCH3 is 1. The molecule has 2 aromatic carbocycles. The third kappa shape index (κ3) is 5.39. The molecule has 1 atom stereocenters. The number of hydrogen-bond donors (Lipinski definition) is 2. The van der Waals surface area contributed by atoms with Crippen LogP contribution in [0.4, 0.5) is 0 Å². The molecule has 0 aliphatic rings. The molecule has 22 heavy (non-hydrogen) atoms. The molecule has 5 heteroatoms. The Hall–Kier alpha value is -2.04. The van der Waals surface area contributed by atoms with Gasteiger partial charge in [0.2, 0.25) is 5.91 Å². The van der Waals surface area contributed by atoms with Crippen molar-refractivity contribution in [3.8, 4) is 5.75 Å². The molecule has 0 saturated heterocycles. The van der Waals surface area contributed by atoms with Crippen LogP contribution in [0.15, 0.2) is 54.6 Å². The Balaban J connectivity index is 0.00000242. The Bertz CT molecular complexity index is 573. The van der Waals surface area contributed by atoms with E-state index in [2.05, 4.69) is 5.32 Å². The number of amides is 1. The second kappa shape index (κ2) is 9.07. The summed E-state index contributed by atoms with van der Waals surface area (Å²) in [5.41, 5.74) is 8.00. The zero-order valence-corrected chi connectivity index (χ0v) is 13.3. The maximum absolute atomic E-state index is 12.0. The first-order valence-electron chi connectivity index (χ1n) is 6.89. The maximum Gasteiger partial charge on any atom is 0.237 e. The van der Waals surface area contributed by atoms with Crippen molar-refractivity contribution in [2.45, 2.75) is 19.0 Å². The Labute approximate surface area is 137 Å². The van der Waals surface area contributed by atoms with Crippen LogP contribution in [0, 0.1) is 0 Å². The predicted octanol–water partition coefficient (Wildman–Crippen LogP) is 2.30. The van der Waals surface area contributed by atoms with Crippen molar-refractivity contribution in [2.24, 2.45) is 5.73 Å². The van der Waals surface area contributed by atoms with Gasteiger partial charge in [-0.15, -0.1) is 12.4 Å². The highest BCUT2D eigenvalue weighted by molar-refractivity contribution is 5.85. The fourth-order valence-corrected chi connectivity index (χ4v) is 2.02. The molecule has 118 valence electrons. The van der Waals surface area contributed by atoms with Gasteiger partial charge in [0.1, 0.15) is 5.75 Å². The van der Waals surface area contributed by atoms with Crippen molar-refractivity contribution in [2.75, 3.05) is 7.11 Å². The number of rotatable bonds is 6. The number of benzene rings is 2. The van der Waals surface area contributed by atoms with E-state index in [1.165, 1.54) is 0 Å². The summed E-state index contributed by atoms with van der Waals surface area (Å²) < 4.78 is 5.09. The molecule has 0 spiro atoms. The van der Waals surface area contributed by atoms with E-state index in [0.717, 1.165) is 16.9 Å². The fraction of sp³-hybridized carbons (Fsp3) is 0.235. The lowest BCUT2D eigenvalue weighted by atomic mass is 10.1. The quantitative estimate of drug-likeness (QED) is 0.858. The molecular formula is C17H21ClN2O2. The average Bonchev–Trinajstić information content (AvgIpc) is 2.54. The molecule has 0 aliphatic heterocycles. The van der Waals surface area contributed by atoms with E-state index in [4.69, 9.17) is 10.5 Å². The molecule has 0 aliphatic carbocycles. The molecule has 0 heterocycles. The van der Waals surface area contributed by atoms with Gasteiger partial charge in [0.05, 0.1) is 13.2 Å². The van der Waals surface area contributed by atoms with Crippen molar-refractivity contribution in [3.63, 3.8) is 0 Å². The minimum absolute atomic E-state index is 0. The SMILES string of the molecule is COc1ccc(CNC(=O)[C@H](N)Cc2ccccc2)cc1.Cl. The number of ether oxygens (including phenoxy) is 1. The Morgan fingerprint density at radius 2 is 1.73 bits per heavy atom. The average molecular weight is 321 g/mol. The van der Waals surface area contributed by atoms with Crippen LogP contribution in [0.3, 0.4) is 0 Å². The van der Waals surface area contributed by atoms with E-state index in [1.54, 1.807) is 7.11 Å². The maximum atomic E-state index is 12.0. The first-order chi connectivity index (χ1) is 10.2. The van der Waals surface area contributed by atoms with Gasteiger partial charge in [-0.2, -0.15) is 0 Å². The van der Waals surface area contributed by atoms with Gasteiger partial charge >= 0.3 is 0 Å². The summed E-state index contributed by atoms with van der Waals surface area (Å²) in [7, 11) is 1.62. The molecule has 1 amide bonds. The first-order valence-corrected chi connectivity index (χ1v) is 6.89. The zero-order chi connectivity index (χ0) is 15.1. The molecule has 0 saturated carbocycles. The standard InChI is InChI=1S/C17H20N2O2.ClH/c1-21-15-9-7-14(8-10-15)12-19-17(20)16(18)11-13-5-3-2-4-6-13;/h2-10,16H,11-12,18H2,1H3,(H,19,20);1H/t16-;/m1./s1. The highest BCUT2D eigenvalue weighted by Gasteiger charge is 2.13. The van der Waals surface area contributed by atoms with E-state index in [9.17, 15) is 4.79 Å². The van der Waals surface area contributed by atoms with Crippen molar-refractivity contribution in [1.82, 2.24) is 5.32 Å². The summed E-state index contributed by atoms with van der Waals surface area (Å²) in [6.07, 6.45) is 0.537. The van der Waals surface area contributed by atoms with Gasteiger partial charge in [-0.1, -0.05) is 42.5 Å². The largest absolute Gasteiger partial charge is 0.497 e. The summed E-state index contributed by atoms with van der Waals surface area (Å²) in [5, 5.41) is 2.85. The summed E-state index contributed by atoms with van der Waals surface area (Å²) in [6.45, 7) is 0.464. The number of halogens is 1. The van der Waals surface area contributed by atoms with Gasteiger partial charge in [-0.25, -0.2) is 0 Å². The van der Waals surface area contributed by atoms with Crippen molar-refractivity contribution < 1.29 is 9.53 Å². The molecule has 0 unspecified atom stereocenters. The Morgan fingerprint density at radius 3 is 2.32 bits per heavy atom. The third-order valence-corrected chi connectivity index (χ3v) is 3.26. The summed E-state index contributed by atoms with van der Waals surface area (Å²) >= 11 is 0. The molecular weight excluding hydrogens is 300 g/mol. The molecule has 0 bridgehead atoms. The Morgan fingerprint density at radius 1 is 1.09 bits per heavy atom.